The van der Waals surface area contributed by atoms with Crippen LogP contribution in [0.4, 0.5) is 0 Å². The Morgan fingerprint density at radius 1 is 0.556 bits per heavy atom. The van der Waals surface area contributed by atoms with Gasteiger partial charge >= 0.3 is 19.8 Å². The Bertz CT molecular complexity index is 938. The number of nitrogens with zero attached hydrogens (tertiary/aromatic N) is 1. The lowest BCUT2D eigenvalue weighted by Gasteiger charge is -2.24. The maximum atomic E-state index is 12.7. The number of carbonyl (C=O) groups excluding carboxylic acids is 2. The van der Waals surface area contributed by atoms with E-state index in [1.54, 1.807) is 0 Å². The summed E-state index contributed by atoms with van der Waals surface area (Å²) in [5.41, 5.74) is 0. The van der Waals surface area contributed by atoms with E-state index in [9.17, 15) is 19.0 Å². The number of quaternary nitrogens is 1. The number of allylic oxidation sites excluding steroid dienone is 2. The van der Waals surface area contributed by atoms with Gasteiger partial charge in [-0.3, -0.25) is 18.6 Å². The quantitative estimate of drug-likeness (QED) is 0.0214. The molecule has 0 aliphatic heterocycles. The zero-order chi connectivity index (χ0) is 40.0. The molecule has 0 saturated carbocycles. The summed E-state index contributed by atoms with van der Waals surface area (Å²) in [4.78, 5) is 35.2. The highest BCUT2D eigenvalue weighted by Crippen LogP contribution is 2.43. The van der Waals surface area contributed by atoms with Crippen LogP contribution < -0.4 is 0 Å². The lowest BCUT2D eigenvalue weighted by molar-refractivity contribution is -0.870. The van der Waals surface area contributed by atoms with E-state index in [4.69, 9.17) is 18.5 Å². The number of rotatable bonds is 41. The van der Waals surface area contributed by atoms with Crippen LogP contribution in [0.5, 0.6) is 0 Å². The third kappa shape index (κ3) is 40.4. The second kappa shape index (κ2) is 37.3. The molecular formula is C44H87NO8P+. The predicted octanol–water partition coefficient (Wildman–Crippen LogP) is 12.6. The van der Waals surface area contributed by atoms with Gasteiger partial charge in [0.1, 0.15) is 19.8 Å². The standard InChI is InChI=1S/C44H86NO8P/c1-6-8-10-12-14-15-16-17-18-19-20-21-22-23-24-25-26-27-28-29-31-33-35-37-44(47)53-42(41-52-54(48,49)51-39-38-45(3,4)5)40-50-43(46)36-34-32-30-13-11-9-7-2/h19-20,42H,6-18,21-41H2,1-5H3/p+1/b20-19-. The average molecular weight is 789 g/mol. The van der Waals surface area contributed by atoms with Crippen molar-refractivity contribution in [3.8, 4) is 0 Å². The number of ether oxygens (including phenoxy) is 2. The van der Waals surface area contributed by atoms with Crippen LogP contribution in [0.2, 0.25) is 0 Å². The molecule has 0 aromatic heterocycles. The van der Waals surface area contributed by atoms with E-state index in [1.165, 1.54) is 141 Å². The third-order valence-electron chi connectivity index (χ3n) is 9.80. The van der Waals surface area contributed by atoms with Gasteiger partial charge in [0.15, 0.2) is 6.10 Å². The molecule has 0 amide bonds. The summed E-state index contributed by atoms with van der Waals surface area (Å²) in [5, 5.41) is 0. The van der Waals surface area contributed by atoms with Crippen LogP contribution >= 0.6 is 7.82 Å². The summed E-state index contributed by atoms with van der Waals surface area (Å²) in [5.74, 6) is -0.798. The maximum Gasteiger partial charge on any atom is 0.472 e. The van der Waals surface area contributed by atoms with Gasteiger partial charge in [0.05, 0.1) is 27.7 Å². The number of hydrogen-bond donors (Lipinski definition) is 1. The van der Waals surface area contributed by atoms with E-state index < -0.39 is 26.5 Å². The van der Waals surface area contributed by atoms with Crippen LogP contribution in [0.1, 0.15) is 206 Å². The highest BCUT2D eigenvalue weighted by molar-refractivity contribution is 7.47. The second-order valence-corrected chi connectivity index (χ2v) is 17.9. The second-order valence-electron chi connectivity index (χ2n) is 16.4. The van der Waals surface area contributed by atoms with Gasteiger partial charge in [-0.05, 0) is 38.5 Å². The topological polar surface area (TPSA) is 108 Å². The Hall–Kier alpha value is -1.25. The zero-order valence-corrected chi connectivity index (χ0v) is 36.9. The Labute approximate surface area is 333 Å². The van der Waals surface area contributed by atoms with Gasteiger partial charge in [-0.15, -0.1) is 0 Å². The molecule has 0 bridgehead atoms. The molecule has 0 spiro atoms. The lowest BCUT2D eigenvalue weighted by Crippen LogP contribution is -2.37. The van der Waals surface area contributed by atoms with Crippen LogP contribution in [-0.2, 0) is 32.7 Å². The van der Waals surface area contributed by atoms with Crippen LogP contribution in [0.15, 0.2) is 12.2 Å². The molecule has 10 heteroatoms. The Morgan fingerprint density at radius 2 is 0.944 bits per heavy atom. The predicted molar refractivity (Wildman–Crippen MR) is 224 cm³/mol. The highest BCUT2D eigenvalue weighted by atomic mass is 31.2. The molecular weight excluding hydrogens is 701 g/mol. The van der Waals surface area contributed by atoms with E-state index in [1.807, 2.05) is 21.1 Å². The van der Waals surface area contributed by atoms with Crippen molar-refractivity contribution < 1.29 is 42.1 Å². The average Bonchev–Trinajstić information content (AvgIpc) is 3.12. The molecule has 54 heavy (non-hydrogen) atoms. The first kappa shape index (κ1) is 52.8. The van der Waals surface area contributed by atoms with Crippen molar-refractivity contribution in [2.45, 2.75) is 213 Å². The maximum absolute atomic E-state index is 12.7. The molecule has 0 fully saturated rings. The largest absolute Gasteiger partial charge is 0.472 e. The van der Waals surface area contributed by atoms with Gasteiger partial charge in [0.25, 0.3) is 0 Å². The molecule has 0 rings (SSSR count). The molecule has 0 aromatic carbocycles. The molecule has 0 saturated heterocycles. The molecule has 2 unspecified atom stereocenters. The number of likely N-dealkylation sites (N-methyl/N-ethyl adjacent to an activating group) is 1. The third-order valence-corrected chi connectivity index (χ3v) is 10.8. The highest BCUT2D eigenvalue weighted by Gasteiger charge is 2.27. The number of esters is 2. The lowest BCUT2D eigenvalue weighted by atomic mass is 10.0. The van der Waals surface area contributed by atoms with E-state index in [0.717, 1.165) is 32.1 Å². The summed E-state index contributed by atoms with van der Waals surface area (Å²) in [7, 11) is 1.48. The fraction of sp³-hybridized carbons (Fsp3) is 0.909. The molecule has 2 atom stereocenters. The summed E-state index contributed by atoms with van der Waals surface area (Å²) in [6.45, 7) is 4.39. The molecule has 0 heterocycles. The van der Waals surface area contributed by atoms with Crippen LogP contribution in [0.3, 0.4) is 0 Å². The minimum Gasteiger partial charge on any atom is -0.462 e. The number of phosphoric ester groups is 1. The fourth-order valence-electron chi connectivity index (χ4n) is 6.24. The molecule has 0 aromatic rings. The first-order valence-corrected chi connectivity index (χ1v) is 23.9. The van der Waals surface area contributed by atoms with Crippen LogP contribution in [-0.4, -0.2) is 74.9 Å². The summed E-state index contributed by atoms with van der Waals surface area (Å²) in [6, 6.07) is 0. The number of unbranched alkanes of at least 4 members (excludes halogenated alkanes) is 25. The van der Waals surface area contributed by atoms with E-state index in [2.05, 4.69) is 26.0 Å². The minimum atomic E-state index is -4.36. The van der Waals surface area contributed by atoms with Crippen molar-refractivity contribution in [2.24, 2.45) is 0 Å². The Morgan fingerprint density at radius 3 is 1.37 bits per heavy atom. The van der Waals surface area contributed by atoms with E-state index in [-0.39, 0.29) is 25.6 Å². The van der Waals surface area contributed by atoms with Gasteiger partial charge in [-0.2, -0.15) is 0 Å². The molecule has 0 aliphatic carbocycles. The van der Waals surface area contributed by atoms with Crippen molar-refractivity contribution in [3.05, 3.63) is 12.2 Å². The zero-order valence-electron chi connectivity index (χ0n) is 36.0. The van der Waals surface area contributed by atoms with Gasteiger partial charge in [-0.25, -0.2) is 4.57 Å². The molecule has 9 nitrogen and oxygen atoms in total. The normalized spacial score (nSPS) is 13.7. The van der Waals surface area contributed by atoms with Gasteiger partial charge in [0.2, 0.25) is 0 Å². The number of carbonyl (C=O) groups is 2. The van der Waals surface area contributed by atoms with Crippen molar-refractivity contribution >= 4 is 19.8 Å². The Kier molecular flexibility index (Phi) is 36.5. The molecule has 320 valence electrons. The molecule has 0 radical (unpaired) electrons. The summed E-state index contributed by atoms with van der Waals surface area (Å²) < 4.78 is 34.2. The van der Waals surface area contributed by atoms with Crippen LogP contribution in [0, 0.1) is 0 Å². The van der Waals surface area contributed by atoms with Crippen molar-refractivity contribution in [3.63, 3.8) is 0 Å². The smallest absolute Gasteiger partial charge is 0.462 e. The Balaban J connectivity index is 4.13. The first-order chi connectivity index (χ1) is 26.0. The fourth-order valence-corrected chi connectivity index (χ4v) is 6.99. The van der Waals surface area contributed by atoms with Crippen molar-refractivity contribution in [2.75, 3.05) is 47.5 Å². The number of phosphoric acid groups is 1. The summed E-state index contributed by atoms with van der Waals surface area (Å²) in [6.07, 6.45) is 38.6. The minimum absolute atomic E-state index is 0.0344. The van der Waals surface area contributed by atoms with Crippen LogP contribution in [0.25, 0.3) is 0 Å². The number of hydrogen-bond acceptors (Lipinski definition) is 7. The van der Waals surface area contributed by atoms with Gasteiger partial charge in [0, 0.05) is 12.8 Å². The molecule has 0 aliphatic rings. The molecule has 1 N–H and O–H groups in total. The van der Waals surface area contributed by atoms with Crippen molar-refractivity contribution in [1.82, 2.24) is 0 Å². The van der Waals surface area contributed by atoms with Gasteiger partial charge < -0.3 is 18.9 Å². The summed E-state index contributed by atoms with van der Waals surface area (Å²) >= 11 is 0. The van der Waals surface area contributed by atoms with E-state index in [0.29, 0.717) is 23.9 Å². The SMILES string of the molecule is CCCCCCCCCC/C=C\CCCCCCCCCCCCCC(=O)OC(COC(=O)CCCCCCCCC)COP(=O)(O)OCC[N+](C)(C)C. The van der Waals surface area contributed by atoms with Crippen molar-refractivity contribution in [1.29, 1.82) is 0 Å². The van der Waals surface area contributed by atoms with E-state index >= 15 is 0 Å². The monoisotopic (exact) mass is 789 g/mol. The van der Waals surface area contributed by atoms with Gasteiger partial charge in [-0.1, -0.05) is 167 Å². The first-order valence-electron chi connectivity index (χ1n) is 22.4.